The fraction of sp³-hybridized carbons (Fsp3) is 0.130. The van der Waals surface area contributed by atoms with Crippen LogP contribution in [0.3, 0.4) is 0 Å². The standard InChI is InChI=1S/C23H23N/c1-4-19-9-8-12-23(17-19)24(21-10-6-5-7-11-21)22-15-13-20(14-16-22)18(2)3/h4-18H,1H2,2-3H3. The molecule has 0 aliphatic carbocycles. The minimum atomic E-state index is 0.535. The van der Waals surface area contributed by atoms with Gasteiger partial charge in [-0.1, -0.05) is 69.0 Å². The maximum atomic E-state index is 3.89. The second kappa shape index (κ2) is 7.18. The zero-order chi connectivity index (χ0) is 16.9. The van der Waals surface area contributed by atoms with E-state index in [0.29, 0.717) is 5.92 Å². The SMILES string of the molecule is C=Cc1cccc(N(c2ccccc2)c2ccc(C(C)C)cc2)c1. The van der Waals surface area contributed by atoms with Crippen LogP contribution in [0.25, 0.3) is 6.08 Å². The molecule has 0 radical (unpaired) electrons. The molecule has 0 spiro atoms. The van der Waals surface area contributed by atoms with E-state index in [1.54, 1.807) is 0 Å². The molecule has 120 valence electrons. The van der Waals surface area contributed by atoms with E-state index < -0.39 is 0 Å². The molecule has 0 bridgehead atoms. The van der Waals surface area contributed by atoms with Crippen molar-refractivity contribution in [2.24, 2.45) is 0 Å². The van der Waals surface area contributed by atoms with Gasteiger partial charge in [0.15, 0.2) is 0 Å². The first-order chi connectivity index (χ1) is 11.7. The highest BCUT2D eigenvalue weighted by atomic mass is 15.1. The molecule has 0 aliphatic rings. The molecule has 0 saturated heterocycles. The van der Waals surface area contributed by atoms with Gasteiger partial charge in [-0.05, 0) is 53.4 Å². The molecular formula is C23H23N. The summed E-state index contributed by atoms with van der Waals surface area (Å²) in [4.78, 5) is 2.27. The van der Waals surface area contributed by atoms with Crippen molar-refractivity contribution < 1.29 is 0 Å². The molecule has 0 fully saturated rings. The van der Waals surface area contributed by atoms with E-state index in [2.05, 4.69) is 98.1 Å². The van der Waals surface area contributed by atoms with Crippen molar-refractivity contribution in [2.45, 2.75) is 19.8 Å². The maximum Gasteiger partial charge on any atom is 0.0467 e. The Hall–Kier alpha value is -2.80. The molecule has 3 aromatic carbocycles. The van der Waals surface area contributed by atoms with E-state index in [1.807, 2.05) is 12.1 Å². The maximum absolute atomic E-state index is 3.89. The van der Waals surface area contributed by atoms with E-state index in [1.165, 1.54) is 5.56 Å². The molecule has 0 atom stereocenters. The molecule has 0 heterocycles. The van der Waals surface area contributed by atoms with Crippen LogP contribution in [-0.4, -0.2) is 0 Å². The Morgan fingerprint density at radius 2 is 1.38 bits per heavy atom. The first-order valence-electron chi connectivity index (χ1n) is 8.36. The number of anilines is 3. The Bertz CT molecular complexity index is 801. The number of benzene rings is 3. The van der Waals surface area contributed by atoms with Crippen molar-refractivity contribution in [3.8, 4) is 0 Å². The van der Waals surface area contributed by atoms with Crippen LogP contribution in [0.4, 0.5) is 17.1 Å². The summed E-state index contributed by atoms with van der Waals surface area (Å²) in [6.45, 7) is 8.33. The molecule has 0 saturated carbocycles. The van der Waals surface area contributed by atoms with Gasteiger partial charge < -0.3 is 4.90 Å². The molecule has 3 aromatic rings. The summed E-state index contributed by atoms with van der Waals surface area (Å²) in [6.07, 6.45) is 1.88. The van der Waals surface area contributed by atoms with E-state index in [4.69, 9.17) is 0 Å². The highest BCUT2D eigenvalue weighted by molar-refractivity contribution is 5.77. The Balaban J connectivity index is 2.10. The number of hydrogen-bond donors (Lipinski definition) is 0. The van der Waals surface area contributed by atoms with Gasteiger partial charge in [-0.2, -0.15) is 0 Å². The number of nitrogens with zero attached hydrogens (tertiary/aromatic N) is 1. The molecule has 0 aromatic heterocycles. The molecule has 0 aliphatic heterocycles. The molecule has 1 heteroatoms. The second-order valence-electron chi connectivity index (χ2n) is 6.22. The summed E-state index contributed by atoms with van der Waals surface area (Å²) in [5, 5.41) is 0. The van der Waals surface area contributed by atoms with Gasteiger partial charge in [0.05, 0.1) is 0 Å². The minimum absolute atomic E-state index is 0.535. The van der Waals surface area contributed by atoms with Crippen molar-refractivity contribution >= 4 is 23.1 Å². The Morgan fingerprint density at radius 1 is 0.750 bits per heavy atom. The van der Waals surface area contributed by atoms with Crippen LogP contribution in [0, 0.1) is 0 Å². The van der Waals surface area contributed by atoms with Crippen molar-refractivity contribution in [1.29, 1.82) is 0 Å². The molecular weight excluding hydrogens is 290 g/mol. The van der Waals surface area contributed by atoms with Gasteiger partial charge in [-0.25, -0.2) is 0 Å². The lowest BCUT2D eigenvalue weighted by molar-refractivity contribution is 0.866. The smallest absolute Gasteiger partial charge is 0.0467 e. The average Bonchev–Trinajstić information content (AvgIpc) is 2.63. The summed E-state index contributed by atoms with van der Waals surface area (Å²) in [5.41, 5.74) is 5.91. The van der Waals surface area contributed by atoms with Gasteiger partial charge in [0.1, 0.15) is 0 Å². The lowest BCUT2D eigenvalue weighted by Gasteiger charge is -2.26. The topological polar surface area (TPSA) is 3.24 Å². The van der Waals surface area contributed by atoms with Gasteiger partial charge in [-0.15, -0.1) is 0 Å². The lowest BCUT2D eigenvalue weighted by atomic mass is 10.0. The largest absolute Gasteiger partial charge is 0.310 e. The van der Waals surface area contributed by atoms with E-state index >= 15 is 0 Å². The molecule has 1 nitrogen and oxygen atoms in total. The fourth-order valence-corrected chi connectivity index (χ4v) is 2.82. The number of rotatable bonds is 5. The first-order valence-corrected chi connectivity index (χ1v) is 8.36. The summed E-state index contributed by atoms with van der Waals surface area (Å²) in [6, 6.07) is 27.7. The fourth-order valence-electron chi connectivity index (χ4n) is 2.82. The quantitative estimate of drug-likeness (QED) is 0.494. The third kappa shape index (κ3) is 3.41. The second-order valence-corrected chi connectivity index (χ2v) is 6.22. The van der Waals surface area contributed by atoms with Crippen LogP contribution in [-0.2, 0) is 0 Å². The van der Waals surface area contributed by atoms with Gasteiger partial charge in [0.2, 0.25) is 0 Å². The van der Waals surface area contributed by atoms with Gasteiger partial charge in [0, 0.05) is 17.1 Å². The zero-order valence-electron chi connectivity index (χ0n) is 14.3. The summed E-state index contributed by atoms with van der Waals surface area (Å²) in [7, 11) is 0. The predicted molar refractivity (Wildman–Crippen MR) is 105 cm³/mol. The summed E-state index contributed by atoms with van der Waals surface area (Å²) in [5.74, 6) is 0.535. The molecule has 0 amide bonds. The first kappa shape index (κ1) is 16.1. The molecule has 3 rings (SSSR count). The molecule has 24 heavy (non-hydrogen) atoms. The van der Waals surface area contributed by atoms with Gasteiger partial charge in [0.25, 0.3) is 0 Å². The Kier molecular flexibility index (Phi) is 4.81. The van der Waals surface area contributed by atoms with Crippen LogP contribution < -0.4 is 4.90 Å². The summed E-state index contributed by atoms with van der Waals surface area (Å²) < 4.78 is 0. The van der Waals surface area contributed by atoms with Crippen LogP contribution in [0.5, 0.6) is 0 Å². The monoisotopic (exact) mass is 313 g/mol. The van der Waals surface area contributed by atoms with Crippen molar-refractivity contribution in [3.05, 3.63) is 96.6 Å². The Morgan fingerprint density at radius 3 is 2.00 bits per heavy atom. The third-order valence-corrected chi connectivity index (χ3v) is 4.20. The lowest BCUT2D eigenvalue weighted by Crippen LogP contribution is -2.10. The average molecular weight is 313 g/mol. The van der Waals surface area contributed by atoms with Gasteiger partial charge >= 0.3 is 0 Å². The zero-order valence-corrected chi connectivity index (χ0v) is 14.3. The minimum Gasteiger partial charge on any atom is -0.310 e. The summed E-state index contributed by atoms with van der Waals surface area (Å²) >= 11 is 0. The van der Waals surface area contributed by atoms with Crippen molar-refractivity contribution in [1.82, 2.24) is 0 Å². The molecule has 0 N–H and O–H groups in total. The van der Waals surface area contributed by atoms with Crippen LogP contribution in [0.2, 0.25) is 0 Å². The van der Waals surface area contributed by atoms with Crippen LogP contribution >= 0.6 is 0 Å². The normalized spacial score (nSPS) is 10.6. The van der Waals surface area contributed by atoms with Gasteiger partial charge in [-0.3, -0.25) is 0 Å². The predicted octanol–water partition coefficient (Wildman–Crippen LogP) is 6.92. The van der Waals surface area contributed by atoms with E-state index in [9.17, 15) is 0 Å². The van der Waals surface area contributed by atoms with Crippen LogP contribution in [0.15, 0.2) is 85.4 Å². The van der Waals surface area contributed by atoms with E-state index in [0.717, 1.165) is 22.6 Å². The van der Waals surface area contributed by atoms with Crippen LogP contribution in [0.1, 0.15) is 30.9 Å². The Labute approximate surface area is 144 Å². The third-order valence-electron chi connectivity index (χ3n) is 4.20. The highest BCUT2D eigenvalue weighted by Gasteiger charge is 2.12. The number of hydrogen-bond acceptors (Lipinski definition) is 1. The molecule has 0 unspecified atom stereocenters. The number of para-hydroxylation sites is 1. The van der Waals surface area contributed by atoms with Crippen molar-refractivity contribution in [3.63, 3.8) is 0 Å². The van der Waals surface area contributed by atoms with E-state index in [-0.39, 0.29) is 0 Å². The highest BCUT2D eigenvalue weighted by Crippen LogP contribution is 2.35. The van der Waals surface area contributed by atoms with Crippen molar-refractivity contribution in [2.75, 3.05) is 4.90 Å².